The Hall–Kier alpha value is -0.910. The lowest BCUT2D eigenvalue weighted by molar-refractivity contribution is 0.104. The SMILES string of the molecule is COc1cc(C(=O)c2cc(Br)c(Cl)s2)ccc1F. The van der Waals surface area contributed by atoms with E-state index in [0.29, 0.717) is 19.2 Å². The van der Waals surface area contributed by atoms with Crippen molar-refractivity contribution in [1.82, 2.24) is 0 Å². The third-order valence-corrected chi connectivity index (χ3v) is 4.76. The number of hydrogen-bond donors (Lipinski definition) is 0. The van der Waals surface area contributed by atoms with E-state index in [4.69, 9.17) is 16.3 Å². The third-order valence-electron chi connectivity index (χ3n) is 2.28. The second-order valence-corrected chi connectivity index (χ2v) is 5.92. The number of thiophene rings is 1. The molecule has 2 nitrogen and oxygen atoms in total. The van der Waals surface area contributed by atoms with E-state index in [9.17, 15) is 9.18 Å². The molecule has 0 aliphatic rings. The van der Waals surface area contributed by atoms with Gasteiger partial charge in [-0.25, -0.2) is 4.39 Å². The van der Waals surface area contributed by atoms with Crippen molar-refractivity contribution in [2.24, 2.45) is 0 Å². The number of hydrogen-bond acceptors (Lipinski definition) is 3. The predicted molar refractivity (Wildman–Crippen MR) is 73.4 cm³/mol. The van der Waals surface area contributed by atoms with Crippen LogP contribution in [0.1, 0.15) is 15.2 Å². The fraction of sp³-hybridized carbons (Fsp3) is 0.0833. The number of ether oxygens (including phenoxy) is 1. The number of methoxy groups -OCH3 is 1. The van der Waals surface area contributed by atoms with Gasteiger partial charge in [0.1, 0.15) is 4.34 Å². The van der Waals surface area contributed by atoms with E-state index in [1.165, 1.54) is 36.6 Å². The van der Waals surface area contributed by atoms with Crippen molar-refractivity contribution in [3.05, 3.63) is 49.3 Å². The summed E-state index contributed by atoms with van der Waals surface area (Å²) in [6.07, 6.45) is 0. The Balaban J connectivity index is 2.39. The summed E-state index contributed by atoms with van der Waals surface area (Å²) in [6.45, 7) is 0. The number of benzene rings is 1. The molecule has 0 radical (unpaired) electrons. The molecule has 0 spiro atoms. The molecular weight excluding hydrogens is 343 g/mol. The molecule has 0 amide bonds. The molecule has 2 rings (SSSR count). The quantitative estimate of drug-likeness (QED) is 0.760. The van der Waals surface area contributed by atoms with Gasteiger partial charge in [0.25, 0.3) is 0 Å². The Morgan fingerprint density at radius 1 is 1.44 bits per heavy atom. The fourth-order valence-corrected chi connectivity index (χ4v) is 3.07. The highest BCUT2D eigenvalue weighted by Crippen LogP contribution is 2.33. The van der Waals surface area contributed by atoms with Crippen molar-refractivity contribution in [2.45, 2.75) is 0 Å². The first kappa shape index (κ1) is 13.5. The van der Waals surface area contributed by atoms with Crippen LogP contribution in [0.4, 0.5) is 4.39 Å². The molecule has 2 aromatic rings. The lowest BCUT2D eigenvalue weighted by Gasteiger charge is -2.03. The fourth-order valence-electron chi connectivity index (χ4n) is 1.40. The van der Waals surface area contributed by atoms with Gasteiger partial charge in [0.2, 0.25) is 5.78 Å². The van der Waals surface area contributed by atoms with Gasteiger partial charge in [-0.15, -0.1) is 11.3 Å². The summed E-state index contributed by atoms with van der Waals surface area (Å²) in [6, 6.07) is 5.64. The molecule has 0 fully saturated rings. The first-order chi connectivity index (χ1) is 8.52. The van der Waals surface area contributed by atoms with Crippen LogP contribution in [0.3, 0.4) is 0 Å². The molecule has 0 saturated carbocycles. The highest BCUT2D eigenvalue weighted by atomic mass is 79.9. The van der Waals surface area contributed by atoms with Gasteiger partial charge >= 0.3 is 0 Å². The highest BCUT2D eigenvalue weighted by Gasteiger charge is 2.16. The molecular formula is C12H7BrClFO2S. The van der Waals surface area contributed by atoms with Crippen molar-refractivity contribution in [3.63, 3.8) is 0 Å². The monoisotopic (exact) mass is 348 g/mol. The van der Waals surface area contributed by atoms with Crippen LogP contribution in [-0.4, -0.2) is 12.9 Å². The Kier molecular flexibility index (Phi) is 4.04. The topological polar surface area (TPSA) is 26.3 Å². The first-order valence-corrected chi connectivity index (χ1v) is 6.84. The molecule has 6 heteroatoms. The summed E-state index contributed by atoms with van der Waals surface area (Å²) in [7, 11) is 1.35. The standard InChI is InChI=1S/C12H7BrClFO2S/c1-17-9-4-6(2-3-8(9)15)11(16)10-5-7(13)12(14)18-10/h2-5H,1H3. The van der Waals surface area contributed by atoms with Crippen molar-refractivity contribution in [2.75, 3.05) is 7.11 Å². The molecule has 1 aromatic carbocycles. The Bertz CT molecular complexity index is 593. The van der Waals surface area contributed by atoms with Crippen LogP contribution in [0, 0.1) is 5.82 Å². The van der Waals surface area contributed by atoms with Crippen LogP contribution in [0.5, 0.6) is 5.75 Å². The molecule has 0 atom stereocenters. The van der Waals surface area contributed by atoms with Crippen LogP contribution >= 0.6 is 38.9 Å². The van der Waals surface area contributed by atoms with Crippen molar-refractivity contribution >= 4 is 44.7 Å². The zero-order chi connectivity index (χ0) is 13.3. The van der Waals surface area contributed by atoms with Crippen LogP contribution in [0.25, 0.3) is 0 Å². The molecule has 0 saturated heterocycles. The van der Waals surface area contributed by atoms with Gasteiger partial charge in [0.15, 0.2) is 11.6 Å². The molecule has 0 bridgehead atoms. The normalized spacial score (nSPS) is 10.4. The number of halogens is 3. The second-order valence-electron chi connectivity index (χ2n) is 3.41. The van der Waals surface area contributed by atoms with E-state index in [1.54, 1.807) is 6.07 Å². The lowest BCUT2D eigenvalue weighted by atomic mass is 10.1. The maximum Gasteiger partial charge on any atom is 0.203 e. The van der Waals surface area contributed by atoms with Gasteiger partial charge in [0, 0.05) is 10.0 Å². The minimum Gasteiger partial charge on any atom is -0.494 e. The zero-order valence-corrected chi connectivity index (χ0v) is 12.3. The van der Waals surface area contributed by atoms with E-state index in [0.717, 1.165) is 0 Å². The average Bonchev–Trinajstić information content (AvgIpc) is 2.69. The number of carbonyl (C=O) groups is 1. The highest BCUT2D eigenvalue weighted by molar-refractivity contribution is 9.10. The van der Waals surface area contributed by atoms with Gasteiger partial charge in [0.05, 0.1) is 12.0 Å². The molecule has 0 N–H and O–H groups in total. The smallest absolute Gasteiger partial charge is 0.203 e. The van der Waals surface area contributed by atoms with Crippen LogP contribution in [0.15, 0.2) is 28.7 Å². The van der Waals surface area contributed by atoms with E-state index in [2.05, 4.69) is 15.9 Å². The van der Waals surface area contributed by atoms with E-state index < -0.39 is 5.82 Å². The van der Waals surface area contributed by atoms with Crippen LogP contribution < -0.4 is 4.74 Å². The summed E-state index contributed by atoms with van der Waals surface area (Å²) in [5, 5.41) is 0. The van der Waals surface area contributed by atoms with Gasteiger partial charge in [-0.2, -0.15) is 0 Å². The number of rotatable bonds is 3. The van der Waals surface area contributed by atoms with Gasteiger partial charge in [-0.1, -0.05) is 11.6 Å². The summed E-state index contributed by atoms with van der Waals surface area (Å²) >= 11 is 10.3. The maximum absolute atomic E-state index is 13.2. The molecule has 18 heavy (non-hydrogen) atoms. The van der Waals surface area contributed by atoms with Crippen molar-refractivity contribution in [3.8, 4) is 5.75 Å². The summed E-state index contributed by atoms with van der Waals surface area (Å²) in [4.78, 5) is 12.6. The Labute approximate surface area is 120 Å². The zero-order valence-electron chi connectivity index (χ0n) is 9.17. The lowest BCUT2D eigenvalue weighted by Crippen LogP contribution is -2.00. The Morgan fingerprint density at radius 2 is 2.17 bits per heavy atom. The molecule has 0 aliphatic heterocycles. The second kappa shape index (κ2) is 5.38. The van der Waals surface area contributed by atoms with E-state index >= 15 is 0 Å². The molecule has 0 unspecified atom stereocenters. The molecule has 1 aromatic heterocycles. The minimum atomic E-state index is -0.501. The number of ketones is 1. The minimum absolute atomic E-state index is 0.0440. The van der Waals surface area contributed by atoms with Crippen molar-refractivity contribution in [1.29, 1.82) is 0 Å². The first-order valence-electron chi connectivity index (χ1n) is 4.86. The van der Waals surface area contributed by atoms with Gasteiger partial charge < -0.3 is 4.74 Å². The van der Waals surface area contributed by atoms with Crippen molar-refractivity contribution < 1.29 is 13.9 Å². The average molecular weight is 350 g/mol. The predicted octanol–water partition coefficient (Wildman–Crippen LogP) is 4.54. The third kappa shape index (κ3) is 2.58. The summed E-state index contributed by atoms with van der Waals surface area (Å²) < 4.78 is 19.3. The van der Waals surface area contributed by atoms with E-state index in [-0.39, 0.29) is 11.5 Å². The maximum atomic E-state index is 13.2. The molecule has 94 valence electrons. The summed E-state index contributed by atoms with van der Waals surface area (Å²) in [5.74, 6) is -0.673. The van der Waals surface area contributed by atoms with Gasteiger partial charge in [-0.05, 0) is 40.2 Å². The van der Waals surface area contributed by atoms with Crippen LogP contribution in [-0.2, 0) is 0 Å². The number of carbonyl (C=O) groups excluding carboxylic acids is 1. The van der Waals surface area contributed by atoms with Crippen LogP contribution in [0.2, 0.25) is 4.34 Å². The molecule has 1 heterocycles. The van der Waals surface area contributed by atoms with Gasteiger partial charge in [-0.3, -0.25) is 4.79 Å². The van der Waals surface area contributed by atoms with E-state index in [1.807, 2.05) is 0 Å². The molecule has 0 aliphatic carbocycles. The summed E-state index contributed by atoms with van der Waals surface area (Å²) in [5.41, 5.74) is 0.360. The largest absolute Gasteiger partial charge is 0.494 e. The Morgan fingerprint density at radius 3 is 2.72 bits per heavy atom.